The van der Waals surface area contributed by atoms with E-state index in [1.54, 1.807) is 12.1 Å². The van der Waals surface area contributed by atoms with Gasteiger partial charge in [0.1, 0.15) is 0 Å². The smallest absolute Gasteiger partial charge is 0.337 e. The molecular formula is C17H26N4O3. The van der Waals surface area contributed by atoms with Crippen LogP contribution in [0.5, 0.6) is 0 Å². The Bertz CT molecular complexity index is 557. The summed E-state index contributed by atoms with van der Waals surface area (Å²) < 4.78 is 10.0. The quantitative estimate of drug-likeness (QED) is 0.328. The number of hydrogen-bond donors (Lipinski definition) is 2. The van der Waals surface area contributed by atoms with Gasteiger partial charge >= 0.3 is 5.97 Å². The number of hydrogen-bond acceptors (Lipinski definition) is 5. The summed E-state index contributed by atoms with van der Waals surface area (Å²) in [6.07, 6.45) is 1.01. The molecule has 1 heterocycles. The molecule has 3 N–H and O–H groups in total. The molecule has 7 nitrogen and oxygen atoms in total. The van der Waals surface area contributed by atoms with E-state index in [0.29, 0.717) is 18.1 Å². The highest BCUT2D eigenvalue weighted by atomic mass is 16.5. The standard InChI is InChI=1S/C17H26N4O3/c1-23-16(22)15-5-2-4-14(12-15)13-20-17(18)19-6-3-7-21-8-10-24-11-9-21/h2,4-5,12H,3,6-11,13H2,1H3,(H3,18,19,20). The van der Waals surface area contributed by atoms with Crippen LogP contribution in [0.1, 0.15) is 22.3 Å². The second-order valence-electron chi connectivity index (χ2n) is 5.63. The third-order valence-corrected chi connectivity index (χ3v) is 3.84. The van der Waals surface area contributed by atoms with Crippen molar-refractivity contribution in [3.63, 3.8) is 0 Å². The summed E-state index contributed by atoms with van der Waals surface area (Å²) in [6.45, 7) is 5.89. The minimum Gasteiger partial charge on any atom is -0.465 e. The van der Waals surface area contributed by atoms with Crippen LogP contribution >= 0.6 is 0 Å². The number of rotatable bonds is 7. The number of nitrogens with one attached hydrogen (secondary N) is 1. The fraction of sp³-hybridized carbons (Fsp3) is 0.529. The fourth-order valence-corrected chi connectivity index (χ4v) is 2.49. The van der Waals surface area contributed by atoms with Gasteiger partial charge in [-0.1, -0.05) is 12.1 Å². The molecule has 1 aromatic carbocycles. The average Bonchev–Trinajstić information content (AvgIpc) is 2.64. The molecule has 0 amide bonds. The highest BCUT2D eigenvalue weighted by Crippen LogP contribution is 2.07. The van der Waals surface area contributed by atoms with Crippen molar-refractivity contribution in [2.45, 2.75) is 13.0 Å². The summed E-state index contributed by atoms with van der Waals surface area (Å²) in [5.41, 5.74) is 7.31. The van der Waals surface area contributed by atoms with E-state index in [9.17, 15) is 4.79 Å². The lowest BCUT2D eigenvalue weighted by Gasteiger charge is -2.26. The first-order valence-electron chi connectivity index (χ1n) is 8.20. The summed E-state index contributed by atoms with van der Waals surface area (Å²) in [5, 5.41) is 3.12. The van der Waals surface area contributed by atoms with Crippen LogP contribution in [0.25, 0.3) is 0 Å². The van der Waals surface area contributed by atoms with Crippen molar-refractivity contribution >= 4 is 11.9 Å². The van der Waals surface area contributed by atoms with Crippen molar-refractivity contribution < 1.29 is 14.3 Å². The summed E-state index contributed by atoms with van der Waals surface area (Å²) in [4.78, 5) is 18.2. The van der Waals surface area contributed by atoms with Gasteiger partial charge in [-0.25, -0.2) is 9.79 Å². The number of carbonyl (C=O) groups is 1. The average molecular weight is 334 g/mol. The van der Waals surface area contributed by atoms with E-state index in [1.807, 2.05) is 12.1 Å². The lowest BCUT2D eigenvalue weighted by molar-refractivity contribution is 0.0376. The zero-order valence-corrected chi connectivity index (χ0v) is 14.2. The number of benzene rings is 1. The highest BCUT2D eigenvalue weighted by molar-refractivity contribution is 5.89. The van der Waals surface area contributed by atoms with Crippen LogP contribution in [-0.4, -0.2) is 63.3 Å². The van der Waals surface area contributed by atoms with Gasteiger partial charge in [-0.3, -0.25) is 4.90 Å². The first-order chi connectivity index (χ1) is 11.7. The number of ether oxygens (including phenoxy) is 2. The maximum atomic E-state index is 11.5. The molecule has 0 radical (unpaired) electrons. The van der Waals surface area contributed by atoms with E-state index in [0.717, 1.165) is 51.4 Å². The zero-order chi connectivity index (χ0) is 17.2. The number of guanidine groups is 1. The molecule has 0 aliphatic carbocycles. The number of nitrogens with zero attached hydrogens (tertiary/aromatic N) is 2. The van der Waals surface area contributed by atoms with Crippen LogP contribution in [0.15, 0.2) is 29.3 Å². The molecule has 0 bridgehead atoms. The Balaban J connectivity index is 1.70. The second-order valence-corrected chi connectivity index (χ2v) is 5.63. The number of nitrogens with two attached hydrogens (primary N) is 1. The molecule has 2 rings (SSSR count). The first kappa shape index (κ1) is 18.2. The maximum absolute atomic E-state index is 11.5. The summed E-state index contributed by atoms with van der Waals surface area (Å²) in [5.74, 6) is 0.0653. The van der Waals surface area contributed by atoms with Crippen molar-refractivity contribution in [3.05, 3.63) is 35.4 Å². The Morgan fingerprint density at radius 2 is 2.21 bits per heavy atom. The lowest BCUT2D eigenvalue weighted by atomic mass is 10.1. The van der Waals surface area contributed by atoms with Crippen molar-refractivity contribution in [1.82, 2.24) is 10.2 Å². The second kappa shape index (κ2) is 9.89. The van der Waals surface area contributed by atoms with E-state index < -0.39 is 0 Å². The van der Waals surface area contributed by atoms with Crippen LogP contribution in [0.2, 0.25) is 0 Å². The van der Waals surface area contributed by atoms with Crippen LogP contribution in [-0.2, 0) is 16.0 Å². The van der Waals surface area contributed by atoms with E-state index in [4.69, 9.17) is 15.2 Å². The molecule has 1 fully saturated rings. The SMILES string of the molecule is COC(=O)c1cccc(CN=C(N)NCCCN2CCOCC2)c1. The van der Waals surface area contributed by atoms with Gasteiger partial charge in [0.15, 0.2) is 5.96 Å². The molecule has 0 saturated carbocycles. The normalized spacial score (nSPS) is 16.0. The predicted molar refractivity (Wildman–Crippen MR) is 93.0 cm³/mol. The molecule has 0 atom stereocenters. The molecule has 0 unspecified atom stereocenters. The van der Waals surface area contributed by atoms with Crippen molar-refractivity contribution in [1.29, 1.82) is 0 Å². The molecule has 132 valence electrons. The Morgan fingerprint density at radius 1 is 1.42 bits per heavy atom. The van der Waals surface area contributed by atoms with Gasteiger partial charge in [0, 0.05) is 19.6 Å². The van der Waals surface area contributed by atoms with Crippen LogP contribution in [0.4, 0.5) is 0 Å². The minimum absolute atomic E-state index is 0.352. The minimum atomic E-state index is -0.352. The van der Waals surface area contributed by atoms with Gasteiger partial charge < -0.3 is 20.5 Å². The highest BCUT2D eigenvalue weighted by Gasteiger charge is 2.09. The lowest BCUT2D eigenvalue weighted by Crippen LogP contribution is -2.39. The number of carbonyl (C=O) groups excluding carboxylic acids is 1. The Labute approximate surface area is 142 Å². The topological polar surface area (TPSA) is 89.2 Å². The Hall–Kier alpha value is -2.12. The van der Waals surface area contributed by atoms with Crippen molar-refractivity contribution in [2.24, 2.45) is 10.7 Å². The van der Waals surface area contributed by atoms with Crippen molar-refractivity contribution in [2.75, 3.05) is 46.5 Å². The zero-order valence-electron chi connectivity index (χ0n) is 14.2. The van der Waals surface area contributed by atoms with Gasteiger partial charge in [-0.05, 0) is 30.7 Å². The Kier molecular flexibility index (Phi) is 7.51. The number of esters is 1. The number of methoxy groups -OCH3 is 1. The van der Waals surface area contributed by atoms with Gasteiger partial charge in [-0.2, -0.15) is 0 Å². The summed E-state index contributed by atoms with van der Waals surface area (Å²) in [7, 11) is 1.37. The number of morpholine rings is 1. The number of aliphatic imine (C=N–C) groups is 1. The van der Waals surface area contributed by atoms with Gasteiger partial charge in [0.05, 0.1) is 32.4 Å². The molecule has 1 aromatic rings. The van der Waals surface area contributed by atoms with Gasteiger partial charge in [0.2, 0.25) is 0 Å². The molecule has 0 aromatic heterocycles. The monoisotopic (exact) mass is 334 g/mol. The predicted octanol–water partition coefficient (Wildman–Crippen LogP) is 0.600. The summed E-state index contributed by atoms with van der Waals surface area (Å²) >= 11 is 0. The Morgan fingerprint density at radius 3 is 2.96 bits per heavy atom. The summed E-state index contributed by atoms with van der Waals surface area (Å²) in [6, 6.07) is 7.19. The van der Waals surface area contributed by atoms with E-state index >= 15 is 0 Å². The molecule has 24 heavy (non-hydrogen) atoms. The van der Waals surface area contributed by atoms with E-state index in [-0.39, 0.29) is 5.97 Å². The molecule has 1 aliphatic heterocycles. The van der Waals surface area contributed by atoms with Gasteiger partial charge in [0.25, 0.3) is 0 Å². The van der Waals surface area contributed by atoms with Crippen molar-refractivity contribution in [3.8, 4) is 0 Å². The van der Waals surface area contributed by atoms with E-state index in [1.165, 1.54) is 7.11 Å². The van der Waals surface area contributed by atoms with Crippen LogP contribution < -0.4 is 11.1 Å². The third-order valence-electron chi connectivity index (χ3n) is 3.84. The third kappa shape index (κ3) is 6.17. The molecule has 1 saturated heterocycles. The molecule has 0 spiro atoms. The first-order valence-corrected chi connectivity index (χ1v) is 8.20. The van der Waals surface area contributed by atoms with Crippen LogP contribution in [0, 0.1) is 0 Å². The maximum Gasteiger partial charge on any atom is 0.337 e. The van der Waals surface area contributed by atoms with E-state index in [2.05, 4.69) is 15.2 Å². The molecule has 7 heteroatoms. The van der Waals surface area contributed by atoms with Gasteiger partial charge in [-0.15, -0.1) is 0 Å². The fourth-order valence-electron chi connectivity index (χ4n) is 2.49. The molecule has 1 aliphatic rings. The molecular weight excluding hydrogens is 308 g/mol. The largest absolute Gasteiger partial charge is 0.465 e. The van der Waals surface area contributed by atoms with Crippen LogP contribution in [0.3, 0.4) is 0 Å².